The van der Waals surface area contributed by atoms with Crippen LogP contribution in [-0.4, -0.2) is 37.6 Å². The number of amides is 2. The molecule has 26 heavy (non-hydrogen) atoms. The largest absolute Gasteiger partial charge is 0.452 e. The van der Waals surface area contributed by atoms with Gasteiger partial charge in [0.15, 0.2) is 16.3 Å². The summed E-state index contributed by atoms with van der Waals surface area (Å²) in [4.78, 5) is 15.8. The summed E-state index contributed by atoms with van der Waals surface area (Å²) in [5, 5.41) is 2.92. The van der Waals surface area contributed by atoms with E-state index in [1.807, 2.05) is 11.0 Å². The van der Waals surface area contributed by atoms with Gasteiger partial charge in [0.1, 0.15) is 5.76 Å². The molecule has 1 saturated heterocycles. The number of carbonyl (C=O) groups excluding carboxylic acids is 1. The number of nitrogens with zero attached hydrogens (tertiary/aromatic N) is 2. The molecule has 3 rings (SSSR count). The topological polar surface area (TPSA) is 48.7 Å². The molecule has 5 nitrogen and oxygen atoms in total. The van der Waals surface area contributed by atoms with Crippen molar-refractivity contribution in [2.24, 2.45) is 5.92 Å². The molecule has 8 heteroatoms. The van der Waals surface area contributed by atoms with Gasteiger partial charge in [-0.15, -0.1) is 0 Å². The maximum Gasteiger partial charge on any atom is 0.317 e. The smallest absolute Gasteiger partial charge is 0.317 e. The highest BCUT2D eigenvalue weighted by molar-refractivity contribution is 9.10. The molecule has 0 saturated carbocycles. The normalized spacial score (nSPS) is 16.8. The van der Waals surface area contributed by atoms with E-state index in [9.17, 15) is 13.6 Å². The molecule has 0 aliphatic carbocycles. The van der Waals surface area contributed by atoms with Gasteiger partial charge < -0.3 is 19.5 Å². The Labute approximate surface area is 159 Å². The molecule has 140 valence electrons. The van der Waals surface area contributed by atoms with E-state index < -0.39 is 11.6 Å². The van der Waals surface area contributed by atoms with Crippen molar-refractivity contribution in [2.45, 2.75) is 13.0 Å². The first-order chi connectivity index (χ1) is 12.4. The molecule has 0 radical (unpaired) electrons. The van der Waals surface area contributed by atoms with Crippen LogP contribution in [0.25, 0.3) is 0 Å². The van der Waals surface area contributed by atoms with Gasteiger partial charge in [-0.3, -0.25) is 0 Å². The Balaban J connectivity index is 1.46. The predicted octanol–water partition coefficient (Wildman–Crippen LogP) is 3.99. The zero-order valence-electron chi connectivity index (χ0n) is 14.3. The Hall–Kier alpha value is -2.09. The lowest BCUT2D eigenvalue weighted by Gasteiger charge is -2.20. The van der Waals surface area contributed by atoms with Crippen LogP contribution in [0.15, 0.2) is 39.4 Å². The molecule has 0 bridgehead atoms. The summed E-state index contributed by atoms with van der Waals surface area (Å²) in [6, 6.07) is 7.35. The minimum Gasteiger partial charge on any atom is -0.452 e. The molecule has 2 aromatic rings. The van der Waals surface area contributed by atoms with E-state index in [-0.39, 0.29) is 11.9 Å². The predicted molar refractivity (Wildman–Crippen MR) is 98.0 cm³/mol. The lowest BCUT2D eigenvalue weighted by molar-refractivity contribution is 0.201. The molecule has 1 atom stereocenters. The second-order valence-electron chi connectivity index (χ2n) is 6.45. The van der Waals surface area contributed by atoms with Gasteiger partial charge in [0.2, 0.25) is 0 Å². The van der Waals surface area contributed by atoms with E-state index in [4.69, 9.17) is 4.42 Å². The van der Waals surface area contributed by atoms with Crippen molar-refractivity contribution >= 4 is 27.6 Å². The maximum absolute atomic E-state index is 13.4. The molecule has 2 amide bonds. The second-order valence-corrected chi connectivity index (χ2v) is 7.23. The minimum atomic E-state index is -0.844. The molecule has 1 aliphatic rings. The molecular weight excluding hydrogens is 408 g/mol. The van der Waals surface area contributed by atoms with Crippen molar-refractivity contribution in [1.82, 2.24) is 10.2 Å². The first-order valence-corrected chi connectivity index (χ1v) is 9.15. The Morgan fingerprint density at radius 1 is 1.35 bits per heavy atom. The third kappa shape index (κ3) is 4.55. The highest BCUT2D eigenvalue weighted by Crippen LogP contribution is 2.25. The van der Waals surface area contributed by atoms with E-state index in [0.717, 1.165) is 19.0 Å². The van der Waals surface area contributed by atoms with Crippen LogP contribution in [0.1, 0.15) is 12.2 Å². The number of nitrogens with one attached hydrogen (secondary N) is 1. The third-order valence-corrected chi connectivity index (χ3v) is 4.89. The number of halogens is 3. The Bertz CT molecular complexity index is 784. The first-order valence-electron chi connectivity index (χ1n) is 8.35. The van der Waals surface area contributed by atoms with Crippen molar-refractivity contribution in [1.29, 1.82) is 0 Å². The van der Waals surface area contributed by atoms with Crippen molar-refractivity contribution in [3.63, 3.8) is 0 Å². The van der Waals surface area contributed by atoms with Gasteiger partial charge in [-0.1, -0.05) is 0 Å². The van der Waals surface area contributed by atoms with Gasteiger partial charge in [-0.05, 0) is 52.5 Å². The second kappa shape index (κ2) is 8.07. The molecule has 0 spiro atoms. The number of hydrogen-bond donors (Lipinski definition) is 1. The number of hydrogen-bond acceptors (Lipinski definition) is 3. The molecule has 2 heterocycles. The van der Waals surface area contributed by atoms with Gasteiger partial charge >= 0.3 is 6.03 Å². The number of carbonyl (C=O) groups is 1. The molecule has 1 fully saturated rings. The van der Waals surface area contributed by atoms with E-state index >= 15 is 0 Å². The monoisotopic (exact) mass is 427 g/mol. The molecular formula is C18H20BrF2N3O2. The first kappa shape index (κ1) is 18.7. The van der Waals surface area contributed by atoms with Gasteiger partial charge in [0.25, 0.3) is 0 Å². The van der Waals surface area contributed by atoms with Crippen LogP contribution in [0.2, 0.25) is 0 Å². The summed E-state index contributed by atoms with van der Waals surface area (Å²) in [6.45, 7) is 2.36. The lowest BCUT2D eigenvalue weighted by Crippen LogP contribution is -2.39. The summed E-state index contributed by atoms with van der Waals surface area (Å²) in [5.74, 6) is -0.730. The summed E-state index contributed by atoms with van der Waals surface area (Å²) in [6.07, 6.45) is 0.883. The fraction of sp³-hybridized carbons (Fsp3) is 0.389. The Kier molecular flexibility index (Phi) is 5.80. The zero-order valence-corrected chi connectivity index (χ0v) is 15.9. The average Bonchev–Trinajstić information content (AvgIpc) is 3.24. The Morgan fingerprint density at radius 2 is 2.15 bits per heavy atom. The molecule has 1 aliphatic heterocycles. The summed E-state index contributed by atoms with van der Waals surface area (Å²) in [5.41, 5.74) is 0.665. The number of benzene rings is 1. The lowest BCUT2D eigenvalue weighted by atomic mass is 10.1. The SMILES string of the molecule is CN(Cc1ccc(Br)o1)C(=O)NCC1CCN(c2ccc(F)c(F)c2)C1. The average molecular weight is 428 g/mol. The molecule has 1 N–H and O–H groups in total. The van der Waals surface area contributed by atoms with Gasteiger partial charge in [0, 0.05) is 38.4 Å². The van der Waals surface area contributed by atoms with Crippen LogP contribution in [0, 0.1) is 17.6 Å². The van der Waals surface area contributed by atoms with Crippen LogP contribution in [-0.2, 0) is 6.54 Å². The summed E-state index contributed by atoms with van der Waals surface area (Å²) < 4.78 is 32.5. The number of anilines is 1. The van der Waals surface area contributed by atoms with Crippen LogP contribution >= 0.6 is 15.9 Å². The van der Waals surface area contributed by atoms with Gasteiger partial charge in [-0.25, -0.2) is 13.6 Å². The summed E-state index contributed by atoms with van der Waals surface area (Å²) >= 11 is 3.23. The van der Waals surface area contributed by atoms with Gasteiger partial charge in [0.05, 0.1) is 6.54 Å². The molecule has 1 aromatic heterocycles. The highest BCUT2D eigenvalue weighted by atomic mass is 79.9. The van der Waals surface area contributed by atoms with Crippen molar-refractivity contribution < 1.29 is 18.0 Å². The van der Waals surface area contributed by atoms with Crippen molar-refractivity contribution in [2.75, 3.05) is 31.6 Å². The summed E-state index contributed by atoms with van der Waals surface area (Å²) in [7, 11) is 1.70. The minimum absolute atomic E-state index is 0.177. The highest BCUT2D eigenvalue weighted by Gasteiger charge is 2.24. The van der Waals surface area contributed by atoms with Crippen molar-refractivity contribution in [3.8, 4) is 0 Å². The molecule has 1 aromatic carbocycles. The fourth-order valence-corrected chi connectivity index (χ4v) is 3.36. The fourth-order valence-electron chi connectivity index (χ4n) is 3.02. The van der Waals surface area contributed by atoms with Crippen molar-refractivity contribution in [3.05, 3.63) is 52.4 Å². The zero-order chi connectivity index (χ0) is 18.7. The molecule has 1 unspecified atom stereocenters. The number of rotatable bonds is 5. The maximum atomic E-state index is 13.4. The van der Waals surface area contributed by atoms with Crippen LogP contribution in [0.4, 0.5) is 19.3 Å². The van der Waals surface area contributed by atoms with E-state index in [2.05, 4.69) is 21.2 Å². The van der Waals surface area contributed by atoms with E-state index in [1.165, 1.54) is 6.07 Å². The third-order valence-electron chi connectivity index (χ3n) is 4.46. The van der Waals surface area contributed by atoms with E-state index in [0.29, 0.717) is 35.8 Å². The van der Waals surface area contributed by atoms with E-state index in [1.54, 1.807) is 24.1 Å². The quantitative estimate of drug-likeness (QED) is 0.784. The number of urea groups is 1. The number of furan rings is 1. The van der Waals surface area contributed by atoms with Gasteiger partial charge in [-0.2, -0.15) is 0 Å². The van der Waals surface area contributed by atoms with Crippen LogP contribution in [0.3, 0.4) is 0 Å². The Morgan fingerprint density at radius 3 is 2.85 bits per heavy atom. The van der Waals surface area contributed by atoms with Crippen LogP contribution in [0.5, 0.6) is 0 Å². The van der Waals surface area contributed by atoms with Crippen LogP contribution < -0.4 is 10.2 Å². The standard InChI is InChI=1S/C18H20BrF2N3O2/c1-23(11-14-3-5-17(19)26-14)18(25)22-9-12-6-7-24(10-12)13-2-4-15(20)16(21)8-13/h2-5,8,12H,6-7,9-11H2,1H3,(H,22,25).